The zero-order valence-electron chi connectivity index (χ0n) is 28.4. The van der Waals surface area contributed by atoms with Crippen molar-refractivity contribution in [1.29, 1.82) is 0 Å². The van der Waals surface area contributed by atoms with E-state index < -0.39 is 0 Å². The van der Waals surface area contributed by atoms with Crippen LogP contribution >= 0.6 is 0 Å². The van der Waals surface area contributed by atoms with Gasteiger partial charge in [-0.05, 0) is 112 Å². The predicted octanol–water partition coefficient (Wildman–Crippen LogP) is 12.9. The maximum absolute atomic E-state index is 6.23. The fourth-order valence-corrected chi connectivity index (χ4v) is 7.75. The maximum atomic E-state index is 6.23. The molecule has 53 heavy (non-hydrogen) atoms. The van der Waals surface area contributed by atoms with E-state index in [0.29, 0.717) is 11.8 Å². The topological polar surface area (TPSA) is 57.0 Å². The van der Waals surface area contributed by atoms with Crippen LogP contribution in [0.5, 0.6) is 0 Å². The van der Waals surface area contributed by atoms with Crippen molar-refractivity contribution in [2.45, 2.75) is 0 Å². The van der Waals surface area contributed by atoms with Gasteiger partial charge in [-0.3, -0.25) is 0 Å². The van der Waals surface area contributed by atoms with E-state index in [9.17, 15) is 0 Å². The Morgan fingerprint density at radius 2 is 0.868 bits per heavy atom. The van der Waals surface area contributed by atoms with Crippen molar-refractivity contribution in [3.8, 4) is 50.8 Å². The molecule has 0 aliphatic carbocycles. The summed E-state index contributed by atoms with van der Waals surface area (Å²) in [5.74, 6) is 1.26. The van der Waals surface area contributed by atoms with E-state index in [1.54, 1.807) is 0 Å². The molecule has 3 aromatic heterocycles. The molecule has 0 saturated carbocycles. The van der Waals surface area contributed by atoms with Crippen molar-refractivity contribution >= 4 is 54.8 Å². The largest absolute Gasteiger partial charge is 0.436 e. The van der Waals surface area contributed by atoms with Crippen LogP contribution in [0.15, 0.2) is 185 Å². The van der Waals surface area contributed by atoms with Gasteiger partial charge >= 0.3 is 0 Å². The fourth-order valence-electron chi connectivity index (χ4n) is 7.75. The van der Waals surface area contributed by atoms with Crippen LogP contribution in [0.25, 0.3) is 106 Å². The van der Waals surface area contributed by atoms with Crippen molar-refractivity contribution < 1.29 is 8.83 Å². The summed E-state index contributed by atoms with van der Waals surface area (Å²) in [6.45, 7) is 0. The van der Waals surface area contributed by atoms with Gasteiger partial charge in [-0.1, -0.05) is 97.1 Å². The van der Waals surface area contributed by atoms with Gasteiger partial charge in [0.25, 0.3) is 0 Å². The lowest BCUT2D eigenvalue weighted by Crippen LogP contribution is -1.93. The van der Waals surface area contributed by atoms with Crippen LogP contribution in [0.1, 0.15) is 0 Å². The molecule has 11 aromatic rings. The van der Waals surface area contributed by atoms with Crippen molar-refractivity contribution in [1.82, 2.24) is 14.5 Å². The molecule has 248 valence electrons. The Labute approximate surface area is 304 Å². The van der Waals surface area contributed by atoms with Gasteiger partial charge in [-0.25, -0.2) is 9.97 Å². The summed E-state index contributed by atoms with van der Waals surface area (Å²) in [7, 11) is 0. The molecule has 0 atom stereocenters. The van der Waals surface area contributed by atoms with Crippen LogP contribution in [0, 0.1) is 0 Å². The first kappa shape index (κ1) is 29.5. The number of oxazole rings is 2. The molecule has 3 heterocycles. The Morgan fingerprint density at radius 1 is 0.358 bits per heavy atom. The lowest BCUT2D eigenvalue weighted by Gasteiger charge is -2.11. The minimum absolute atomic E-state index is 0.626. The SMILES string of the molecule is c1ccc(-n2c3ccc(-c4ccc(-c5nc6ccccc6o5)cc4)cc3c3cc(-c4ccc(-c5nc6ccccc6o5)c5ccccc45)ccc32)cc1. The number of aromatic nitrogens is 3. The molecule has 8 aromatic carbocycles. The second kappa shape index (κ2) is 11.7. The molecule has 0 radical (unpaired) electrons. The van der Waals surface area contributed by atoms with E-state index in [0.717, 1.165) is 83.1 Å². The highest BCUT2D eigenvalue weighted by Gasteiger charge is 2.18. The first-order chi connectivity index (χ1) is 26.2. The molecule has 0 spiro atoms. The van der Waals surface area contributed by atoms with Crippen LogP contribution < -0.4 is 0 Å². The molecule has 0 unspecified atom stereocenters. The minimum Gasteiger partial charge on any atom is -0.436 e. The van der Waals surface area contributed by atoms with E-state index in [1.807, 2.05) is 48.5 Å². The first-order valence-corrected chi connectivity index (χ1v) is 17.7. The van der Waals surface area contributed by atoms with Gasteiger partial charge in [0.1, 0.15) is 11.0 Å². The Kier molecular flexibility index (Phi) is 6.48. The van der Waals surface area contributed by atoms with Crippen molar-refractivity contribution in [3.63, 3.8) is 0 Å². The average Bonchev–Trinajstić information content (AvgIpc) is 3.94. The number of hydrogen-bond donors (Lipinski definition) is 0. The minimum atomic E-state index is 0.626. The fraction of sp³-hybridized carbons (Fsp3) is 0. The van der Waals surface area contributed by atoms with Crippen molar-refractivity contribution in [2.24, 2.45) is 0 Å². The molecule has 0 aliphatic heterocycles. The lowest BCUT2D eigenvalue weighted by atomic mass is 9.94. The molecule has 0 amide bonds. The summed E-state index contributed by atoms with van der Waals surface area (Å²) in [6, 6.07) is 61.4. The number of benzene rings is 8. The number of fused-ring (bicyclic) bond motifs is 6. The van der Waals surface area contributed by atoms with Gasteiger partial charge in [0, 0.05) is 27.6 Å². The molecule has 5 nitrogen and oxygen atoms in total. The summed E-state index contributed by atoms with van der Waals surface area (Å²) >= 11 is 0. The highest BCUT2D eigenvalue weighted by molar-refractivity contribution is 6.13. The van der Waals surface area contributed by atoms with Crippen LogP contribution in [-0.2, 0) is 0 Å². The van der Waals surface area contributed by atoms with Crippen molar-refractivity contribution in [3.05, 3.63) is 176 Å². The quantitative estimate of drug-likeness (QED) is 0.182. The molecule has 0 fully saturated rings. The molecular formula is C48H29N3O2. The molecule has 0 bridgehead atoms. The zero-order valence-corrected chi connectivity index (χ0v) is 28.4. The Hall–Kier alpha value is -7.24. The molecule has 11 rings (SSSR count). The van der Waals surface area contributed by atoms with Crippen LogP contribution in [0.2, 0.25) is 0 Å². The van der Waals surface area contributed by atoms with Crippen LogP contribution in [0.4, 0.5) is 0 Å². The summed E-state index contributed by atoms with van der Waals surface area (Å²) in [6.07, 6.45) is 0. The van der Waals surface area contributed by atoms with E-state index in [2.05, 4.69) is 132 Å². The van der Waals surface area contributed by atoms with E-state index in [1.165, 1.54) is 10.8 Å². The summed E-state index contributed by atoms with van der Waals surface area (Å²) in [5.41, 5.74) is 13.3. The third kappa shape index (κ3) is 4.79. The van der Waals surface area contributed by atoms with Gasteiger partial charge in [-0.2, -0.15) is 0 Å². The normalized spacial score (nSPS) is 11.8. The number of nitrogens with zero attached hydrogens (tertiary/aromatic N) is 3. The first-order valence-electron chi connectivity index (χ1n) is 17.7. The second-order valence-electron chi connectivity index (χ2n) is 13.4. The second-order valence-corrected chi connectivity index (χ2v) is 13.4. The molecule has 0 N–H and O–H groups in total. The van der Waals surface area contributed by atoms with Gasteiger partial charge < -0.3 is 13.4 Å². The highest BCUT2D eigenvalue weighted by atomic mass is 16.4. The van der Waals surface area contributed by atoms with Gasteiger partial charge in [0.05, 0.1) is 11.0 Å². The number of rotatable bonds is 5. The van der Waals surface area contributed by atoms with Crippen molar-refractivity contribution in [2.75, 3.05) is 0 Å². The maximum Gasteiger partial charge on any atom is 0.227 e. The van der Waals surface area contributed by atoms with Gasteiger partial charge in [-0.15, -0.1) is 0 Å². The summed E-state index contributed by atoms with van der Waals surface area (Å²) in [5, 5.41) is 4.64. The summed E-state index contributed by atoms with van der Waals surface area (Å²) in [4.78, 5) is 9.52. The number of para-hydroxylation sites is 5. The predicted molar refractivity (Wildman–Crippen MR) is 215 cm³/mol. The van der Waals surface area contributed by atoms with Crippen LogP contribution in [0.3, 0.4) is 0 Å². The molecule has 5 heteroatoms. The Bertz CT molecular complexity index is 3100. The third-order valence-electron chi connectivity index (χ3n) is 10.3. The Morgan fingerprint density at radius 3 is 1.57 bits per heavy atom. The smallest absolute Gasteiger partial charge is 0.227 e. The molecular weight excluding hydrogens is 651 g/mol. The monoisotopic (exact) mass is 679 g/mol. The highest BCUT2D eigenvalue weighted by Crippen LogP contribution is 2.41. The third-order valence-corrected chi connectivity index (χ3v) is 10.3. The lowest BCUT2D eigenvalue weighted by molar-refractivity contribution is 0.619. The van der Waals surface area contributed by atoms with E-state index in [4.69, 9.17) is 18.8 Å². The van der Waals surface area contributed by atoms with Crippen LogP contribution in [-0.4, -0.2) is 14.5 Å². The van der Waals surface area contributed by atoms with Gasteiger partial charge in [0.2, 0.25) is 11.8 Å². The summed E-state index contributed by atoms with van der Waals surface area (Å²) < 4.78 is 14.6. The van der Waals surface area contributed by atoms with E-state index in [-0.39, 0.29) is 0 Å². The standard InChI is InChI=1S/C48H29N3O2/c1-2-10-34(11-3-1)51-43-26-22-32(30-18-20-31(21-19-30)47-49-41-14-6-8-16-45(41)52-47)28-39(43)40-29-33(23-27-44(40)51)35-24-25-38(37-13-5-4-12-36(35)37)48-50-42-15-7-9-17-46(42)53-48/h1-29H. The molecule has 0 saturated heterocycles. The van der Waals surface area contributed by atoms with E-state index >= 15 is 0 Å². The zero-order chi connectivity index (χ0) is 34.9. The Balaban J connectivity index is 1.06. The van der Waals surface area contributed by atoms with Gasteiger partial charge in [0.15, 0.2) is 11.2 Å². The average molecular weight is 680 g/mol. The molecule has 0 aliphatic rings. The number of hydrogen-bond acceptors (Lipinski definition) is 4.